The van der Waals surface area contributed by atoms with Crippen molar-refractivity contribution in [1.29, 1.82) is 0 Å². The lowest BCUT2D eigenvalue weighted by molar-refractivity contribution is 0.672. The van der Waals surface area contributed by atoms with Gasteiger partial charge in [0.1, 0.15) is 11.2 Å². The molecule has 3 aliphatic carbocycles. The first kappa shape index (κ1) is 37.4. The molecule has 1 unspecified atom stereocenters. The van der Waals surface area contributed by atoms with Crippen molar-refractivity contribution in [2.45, 2.75) is 17.9 Å². The Morgan fingerprint density at radius 1 is 0.554 bits per heavy atom. The Morgan fingerprint density at radius 2 is 1.18 bits per heavy atom. The molecular formula is C63H43NO. The van der Waals surface area contributed by atoms with Crippen LogP contribution in [-0.4, -0.2) is 6.04 Å². The van der Waals surface area contributed by atoms with Crippen LogP contribution in [0, 0.1) is 0 Å². The van der Waals surface area contributed by atoms with E-state index in [0.29, 0.717) is 0 Å². The fourth-order valence-corrected chi connectivity index (χ4v) is 11.4. The first-order chi connectivity index (χ1) is 32.2. The van der Waals surface area contributed by atoms with Crippen molar-refractivity contribution < 1.29 is 4.42 Å². The zero-order valence-corrected chi connectivity index (χ0v) is 35.8. The van der Waals surface area contributed by atoms with Gasteiger partial charge in [-0.2, -0.15) is 0 Å². The molecule has 65 heavy (non-hydrogen) atoms. The van der Waals surface area contributed by atoms with Gasteiger partial charge in [-0.05, 0) is 126 Å². The molecule has 0 radical (unpaired) electrons. The fourth-order valence-electron chi connectivity index (χ4n) is 11.4. The normalized spacial score (nSPS) is 15.7. The molecule has 1 heterocycles. The summed E-state index contributed by atoms with van der Waals surface area (Å²) in [6.45, 7) is 4.14. The lowest BCUT2D eigenvalue weighted by atomic mass is 9.70. The van der Waals surface area contributed by atoms with E-state index in [1.807, 2.05) is 6.08 Å². The van der Waals surface area contributed by atoms with Crippen molar-refractivity contribution in [3.8, 4) is 22.3 Å². The molecule has 0 saturated carbocycles. The van der Waals surface area contributed by atoms with Crippen molar-refractivity contribution in [2.75, 3.05) is 4.90 Å². The Hall–Kier alpha value is -8.20. The largest absolute Gasteiger partial charge is 0.455 e. The van der Waals surface area contributed by atoms with E-state index in [1.165, 1.54) is 71.8 Å². The molecule has 1 atom stereocenters. The monoisotopic (exact) mass is 829 g/mol. The second-order valence-electron chi connectivity index (χ2n) is 17.5. The molecule has 0 fully saturated rings. The maximum atomic E-state index is 6.57. The third-order valence-corrected chi connectivity index (χ3v) is 14.1. The Bertz CT molecular complexity index is 3670. The fraction of sp³-hybridized carbons (Fsp3) is 0.0476. The Balaban J connectivity index is 1.01. The first-order valence-electron chi connectivity index (χ1n) is 22.6. The van der Waals surface area contributed by atoms with Crippen LogP contribution < -0.4 is 4.90 Å². The van der Waals surface area contributed by atoms with E-state index in [4.69, 9.17) is 4.42 Å². The van der Waals surface area contributed by atoms with E-state index < -0.39 is 5.41 Å². The van der Waals surface area contributed by atoms with Crippen LogP contribution in [0.4, 0.5) is 5.69 Å². The van der Waals surface area contributed by atoms with Gasteiger partial charge >= 0.3 is 0 Å². The average molecular weight is 830 g/mol. The molecule has 0 amide bonds. The van der Waals surface area contributed by atoms with Crippen LogP contribution in [0.25, 0.3) is 77.4 Å². The van der Waals surface area contributed by atoms with Gasteiger partial charge in [-0.1, -0.05) is 195 Å². The number of hydrogen-bond donors (Lipinski definition) is 0. The van der Waals surface area contributed by atoms with Gasteiger partial charge in [-0.15, -0.1) is 0 Å². The molecule has 2 nitrogen and oxygen atoms in total. The molecular weight excluding hydrogens is 787 g/mol. The van der Waals surface area contributed by atoms with E-state index in [-0.39, 0.29) is 6.04 Å². The minimum Gasteiger partial charge on any atom is -0.455 e. The Kier molecular flexibility index (Phi) is 8.44. The zero-order chi connectivity index (χ0) is 43.1. The predicted octanol–water partition coefficient (Wildman–Crippen LogP) is 16.2. The number of hydrogen-bond acceptors (Lipinski definition) is 2. The molecule has 2 heteroatoms. The van der Waals surface area contributed by atoms with Gasteiger partial charge in [0.25, 0.3) is 0 Å². The minimum absolute atomic E-state index is 0.0141. The van der Waals surface area contributed by atoms with Gasteiger partial charge in [-0.25, -0.2) is 0 Å². The summed E-state index contributed by atoms with van der Waals surface area (Å²) < 4.78 is 6.57. The average Bonchev–Trinajstić information content (AvgIpc) is 4.00. The van der Waals surface area contributed by atoms with Crippen LogP contribution in [0.15, 0.2) is 241 Å². The van der Waals surface area contributed by atoms with Crippen molar-refractivity contribution >= 4 is 60.8 Å². The first-order valence-corrected chi connectivity index (χ1v) is 22.6. The molecule has 0 N–H and O–H groups in total. The van der Waals surface area contributed by atoms with Crippen molar-refractivity contribution in [3.05, 3.63) is 270 Å². The number of furan rings is 1. The van der Waals surface area contributed by atoms with Crippen LogP contribution in [0.1, 0.15) is 39.8 Å². The van der Waals surface area contributed by atoms with Gasteiger partial charge in [-0.3, -0.25) is 0 Å². The number of fused-ring (bicyclic) bond motifs is 16. The number of nitrogens with zero attached hydrogens (tertiary/aromatic N) is 1. The number of benzene rings is 9. The smallest absolute Gasteiger partial charge is 0.143 e. The molecule has 1 spiro atoms. The van der Waals surface area contributed by atoms with E-state index in [9.17, 15) is 0 Å². The van der Waals surface area contributed by atoms with Crippen molar-refractivity contribution in [3.63, 3.8) is 0 Å². The van der Waals surface area contributed by atoms with Gasteiger partial charge in [0.05, 0.1) is 11.5 Å². The third-order valence-electron chi connectivity index (χ3n) is 14.1. The van der Waals surface area contributed by atoms with Crippen LogP contribution >= 0.6 is 0 Å². The van der Waals surface area contributed by atoms with Crippen molar-refractivity contribution in [2.24, 2.45) is 0 Å². The lowest BCUT2D eigenvalue weighted by Gasteiger charge is -2.36. The summed E-state index contributed by atoms with van der Waals surface area (Å²) in [6, 6.07) is 69.1. The number of allylic oxidation sites excluding steroid dienone is 5. The summed E-state index contributed by atoms with van der Waals surface area (Å²) in [5.74, 6) is 0. The van der Waals surface area contributed by atoms with Gasteiger partial charge in [0.2, 0.25) is 0 Å². The summed E-state index contributed by atoms with van der Waals surface area (Å²) in [6.07, 6.45) is 16.5. The Labute approximate surface area is 378 Å². The van der Waals surface area contributed by atoms with E-state index in [1.54, 1.807) is 0 Å². The molecule has 13 rings (SSSR count). The summed E-state index contributed by atoms with van der Waals surface area (Å²) in [7, 11) is 0. The molecule has 3 aliphatic rings. The topological polar surface area (TPSA) is 16.4 Å². The quantitative estimate of drug-likeness (QED) is 0.149. The van der Waals surface area contributed by atoms with Crippen LogP contribution in [0.2, 0.25) is 0 Å². The van der Waals surface area contributed by atoms with Crippen LogP contribution in [-0.2, 0) is 5.41 Å². The third kappa shape index (κ3) is 5.60. The highest BCUT2D eigenvalue weighted by Crippen LogP contribution is 2.63. The highest BCUT2D eigenvalue weighted by molar-refractivity contribution is 6.15. The predicted molar refractivity (Wildman–Crippen MR) is 273 cm³/mol. The standard InChI is InChI=1S/C63H43NO/c1-2-3-18-46(38-41-28-37-61-56(39-41)55-35-31-43-16-5-7-20-50(43)62(55)65-61)64(45-32-29-44(30-33-45)49-24-14-17-42-15-4-6-19-48(42)49)47-34-36-54-53-23-10-13-27-59(53)63(60(54)40-47)57-25-11-8-21-51(57)52-22-9-12-26-58(52)63/h2-32,34-40,45H,1,33H2/b18-3-,46-38-. The van der Waals surface area contributed by atoms with E-state index >= 15 is 0 Å². The molecule has 0 aliphatic heterocycles. The molecule has 10 aromatic rings. The Morgan fingerprint density at radius 3 is 1.89 bits per heavy atom. The second-order valence-corrected chi connectivity index (χ2v) is 17.5. The van der Waals surface area contributed by atoms with Gasteiger partial charge < -0.3 is 9.32 Å². The maximum Gasteiger partial charge on any atom is 0.143 e. The van der Waals surface area contributed by atoms with Crippen molar-refractivity contribution in [1.82, 2.24) is 0 Å². The number of anilines is 1. The molecule has 306 valence electrons. The van der Waals surface area contributed by atoms with Gasteiger partial charge in [0.15, 0.2) is 0 Å². The second kappa shape index (κ2) is 14.7. The van der Waals surface area contributed by atoms with E-state index in [2.05, 4.69) is 236 Å². The summed E-state index contributed by atoms with van der Waals surface area (Å²) in [4.78, 5) is 2.54. The van der Waals surface area contributed by atoms with Gasteiger partial charge in [0, 0.05) is 27.5 Å². The maximum absolute atomic E-state index is 6.57. The highest BCUT2D eigenvalue weighted by Gasteiger charge is 2.51. The SMILES string of the molecule is C=C/C=C\C(=C\c1ccc2oc3c4ccccc4ccc3c2c1)N(c1ccc2c(c1)C1(c3ccccc3-c3ccccc31)c1ccccc1-2)C1C=CC(c2cccc3ccccc23)=CC1. The van der Waals surface area contributed by atoms with E-state index in [0.717, 1.165) is 50.7 Å². The molecule has 0 bridgehead atoms. The summed E-state index contributed by atoms with van der Waals surface area (Å²) in [5, 5.41) is 7.05. The molecule has 9 aromatic carbocycles. The van der Waals surface area contributed by atoms with Crippen LogP contribution in [0.5, 0.6) is 0 Å². The summed E-state index contributed by atoms with van der Waals surface area (Å²) in [5.41, 5.74) is 17.7. The molecule has 1 aromatic heterocycles. The number of rotatable bonds is 7. The summed E-state index contributed by atoms with van der Waals surface area (Å²) >= 11 is 0. The lowest BCUT2D eigenvalue weighted by Crippen LogP contribution is -2.34. The van der Waals surface area contributed by atoms with Crippen LogP contribution in [0.3, 0.4) is 0 Å². The highest BCUT2D eigenvalue weighted by atomic mass is 16.3. The zero-order valence-electron chi connectivity index (χ0n) is 35.8. The molecule has 0 saturated heterocycles. The minimum atomic E-state index is -0.455.